The molecular weight excluding hydrogens is 282 g/mol. The number of hydrogen-bond acceptors (Lipinski definition) is 4. The van der Waals surface area contributed by atoms with Crippen LogP contribution in [0.1, 0.15) is 44.7 Å². The first-order valence-electron chi connectivity index (χ1n) is 7.42. The van der Waals surface area contributed by atoms with Gasteiger partial charge in [-0.3, -0.25) is 4.79 Å². The van der Waals surface area contributed by atoms with Crippen LogP contribution >= 0.6 is 0 Å². The van der Waals surface area contributed by atoms with E-state index in [1.54, 1.807) is 26.8 Å². The van der Waals surface area contributed by atoms with Gasteiger partial charge < -0.3 is 14.8 Å². The quantitative estimate of drug-likeness (QED) is 0.513. The number of esters is 1. The average Bonchev–Trinajstić information content (AvgIpc) is 2.37. The highest BCUT2D eigenvalue weighted by atomic mass is 16.6. The molecule has 0 aliphatic carbocycles. The fraction of sp³-hybridized carbons (Fsp3) is 0.529. The van der Waals surface area contributed by atoms with Gasteiger partial charge in [-0.2, -0.15) is 0 Å². The van der Waals surface area contributed by atoms with Crippen molar-refractivity contribution in [2.24, 2.45) is 0 Å². The fourth-order valence-electron chi connectivity index (χ4n) is 1.70. The maximum atomic E-state index is 11.7. The molecule has 22 heavy (non-hydrogen) atoms. The minimum atomic E-state index is -0.522. The first-order chi connectivity index (χ1) is 10.2. The summed E-state index contributed by atoms with van der Waals surface area (Å²) in [7, 11) is 0. The third-order valence-electron chi connectivity index (χ3n) is 2.94. The Morgan fingerprint density at radius 2 is 1.82 bits per heavy atom. The van der Waals surface area contributed by atoms with Crippen LogP contribution in [0.3, 0.4) is 0 Å². The summed E-state index contributed by atoms with van der Waals surface area (Å²) >= 11 is 0. The van der Waals surface area contributed by atoms with E-state index < -0.39 is 11.7 Å². The fourth-order valence-corrected chi connectivity index (χ4v) is 1.70. The van der Waals surface area contributed by atoms with Crippen LogP contribution < -0.4 is 10.1 Å². The van der Waals surface area contributed by atoms with E-state index in [-0.39, 0.29) is 12.4 Å². The summed E-state index contributed by atoms with van der Waals surface area (Å²) in [6.45, 7) is 9.74. The SMILES string of the molecule is Cc1ccc(OC(=O)CCCNC(=O)OC(C)(C)C)cc1C. The van der Waals surface area contributed by atoms with E-state index in [0.29, 0.717) is 18.7 Å². The Morgan fingerprint density at radius 3 is 2.41 bits per heavy atom. The van der Waals surface area contributed by atoms with Crippen molar-refractivity contribution in [2.75, 3.05) is 6.54 Å². The maximum Gasteiger partial charge on any atom is 0.407 e. The van der Waals surface area contributed by atoms with Gasteiger partial charge in [0.05, 0.1) is 0 Å². The molecule has 1 N–H and O–H groups in total. The topological polar surface area (TPSA) is 64.6 Å². The smallest absolute Gasteiger partial charge is 0.407 e. The molecule has 0 fully saturated rings. The van der Waals surface area contributed by atoms with Crippen LogP contribution in [0.15, 0.2) is 18.2 Å². The number of carbonyl (C=O) groups excluding carboxylic acids is 2. The van der Waals surface area contributed by atoms with Gasteiger partial charge in [0.1, 0.15) is 11.4 Å². The molecule has 0 saturated heterocycles. The zero-order valence-electron chi connectivity index (χ0n) is 14.0. The molecule has 0 spiro atoms. The molecule has 1 amide bonds. The van der Waals surface area contributed by atoms with E-state index in [9.17, 15) is 9.59 Å². The molecule has 0 heterocycles. The lowest BCUT2D eigenvalue weighted by Crippen LogP contribution is -2.33. The minimum absolute atomic E-state index is 0.239. The van der Waals surface area contributed by atoms with Crippen LogP contribution in [0.4, 0.5) is 4.79 Å². The zero-order chi connectivity index (χ0) is 16.8. The summed E-state index contributed by atoms with van der Waals surface area (Å²) in [5, 5.41) is 2.61. The lowest BCUT2D eigenvalue weighted by molar-refractivity contribution is -0.134. The lowest BCUT2D eigenvalue weighted by atomic mass is 10.1. The Morgan fingerprint density at radius 1 is 1.14 bits per heavy atom. The van der Waals surface area contributed by atoms with Crippen molar-refractivity contribution in [3.63, 3.8) is 0 Å². The molecule has 0 atom stereocenters. The van der Waals surface area contributed by atoms with Gasteiger partial charge in [0.25, 0.3) is 0 Å². The maximum absolute atomic E-state index is 11.7. The van der Waals surface area contributed by atoms with Crippen molar-refractivity contribution in [1.82, 2.24) is 5.32 Å². The van der Waals surface area contributed by atoms with E-state index in [4.69, 9.17) is 9.47 Å². The first-order valence-corrected chi connectivity index (χ1v) is 7.42. The molecule has 0 radical (unpaired) electrons. The van der Waals surface area contributed by atoms with Crippen molar-refractivity contribution in [3.05, 3.63) is 29.3 Å². The summed E-state index contributed by atoms with van der Waals surface area (Å²) in [6.07, 6.45) is 0.265. The van der Waals surface area contributed by atoms with Gasteiger partial charge in [-0.25, -0.2) is 4.79 Å². The van der Waals surface area contributed by atoms with Gasteiger partial charge in [-0.15, -0.1) is 0 Å². The third-order valence-corrected chi connectivity index (χ3v) is 2.94. The molecule has 5 heteroatoms. The van der Waals surface area contributed by atoms with Gasteiger partial charge in [-0.05, 0) is 64.3 Å². The zero-order valence-corrected chi connectivity index (χ0v) is 14.0. The predicted octanol–water partition coefficient (Wildman–Crippen LogP) is 3.51. The summed E-state index contributed by atoms with van der Waals surface area (Å²) in [5.41, 5.74) is 1.71. The number of hydrogen-bond donors (Lipinski definition) is 1. The Bertz CT molecular complexity index is 532. The molecule has 0 saturated carbocycles. The molecule has 122 valence electrons. The minimum Gasteiger partial charge on any atom is -0.444 e. The van der Waals surface area contributed by atoms with Crippen molar-refractivity contribution in [3.8, 4) is 5.75 Å². The molecule has 1 rings (SSSR count). The Balaban J connectivity index is 2.26. The normalized spacial score (nSPS) is 11.0. The van der Waals surface area contributed by atoms with E-state index in [2.05, 4.69) is 5.32 Å². The van der Waals surface area contributed by atoms with Crippen molar-refractivity contribution in [1.29, 1.82) is 0 Å². The van der Waals surface area contributed by atoms with Crippen LogP contribution in [-0.2, 0) is 9.53 Å². The van der Waals surface area contributed by atoms with Crippen LogP contribution in [0, 0.1) is 13.8 Å². The number of ether oxygens (including phenoxy) is 2. The number of nitrogens with one attached hydrogen (secondary N) is 1. The Kier molecular flexibility index (Phi) is 6.40. The summed E-state index contributed by atoms with van der Waals surface area (Å²) in [4.78, 5) is 23.1. The highest BCUT2D eigenvalue weighted by Gasteiger charge is 2.15. The monoisotopic (exact) mass is 307 g/mol. The van der Waals surface area contributed by atoms with Gasteiger partial charge >= 0.3 is 12.1 Å². The highest BCUT2D eigenvalue weighted by Crippen LogP contribution is 2.17. The van der Waals surface area contributed by atoms with Crippen LogP contribution in [0.2, 0.25) is 0 Å². The number of aryl methyl sites for hydroxylation is 2. The number of rotatable bonds is 5. The number of alkyl carbamates (subject to hydrolysis) is 1. The largest absolute Gasteiger partial charge is 0.444 e. The first kappa shape index (κ1) is 18.0. The molecule has 0 aliphatic heterocycles. The molecule has 0 bridgehead atoms. The molecule has 0 unspecified atom stereocenters. The van der Waals surface area contributed by atoms with Gasteiger partial charge in [0, 0.05) is 13.0 Å². The summed E-state index contributed by atoms with van der Waals surface area (Å²) in [5.74, 6) is 0.238. The Labute approximate surface area is 132 Å². The van der Waals surface area contributed by atoms with Crippen molar-refractivity contribution in [2.45, 2.75) is 53.1 Å². The van der Waals surface area contributed by atoms with E-state index in [1.807, 2.05) is 26.0 Å². The second-order valence-electron chi connectivity index (χ2n) is 6.25. The Hall–Kier alpha value is -2.04. The molecule has 0 aromatic heterocycles. The summed E-state index contributed by atoms with van der Waals surface area (Å²) in [6, 6.07) is 5.54. The summed E-state index contributed by atoms with van der Waals surface area (Å²) < 4.78 is 10.4. The second kappa shape index (κ2) is 7.82. The standard InChI is InChI=1S/C17H25NO4/c1-12-8-9-14(11-13(12)2)21-15(19)7-6-10-18-16(20)22-17(3,4)5/h8-9,11H,6-7,10H2,1-5H3,(H,18,20). The van der Waals surface area contributed by atoms with Gasteiger partial charge in [0.15, 0.2) is 0 Å². The molecule has 5 nitrogen and oxygen atoms in total. The second-order valence-corrected chi connectivity index (χ2v) is 6.25. The van der Waals surface area contributed by atoms with E-state index in [0.717, 1.165) is 11.1 Å². The van der Waals surface area contributed by atoms with Gasteiger partial charge in [0.2, 0.25) is 0 Å². The van der Waals surface area contributed by atoms with Crippen LogP contribution in [0.25, 0.3) is 0 Å². The number of carbonyl (C=O) groups is 2. The number of benzene rings is 1. The van der Waals surface area contributed by atoms with Crippen LogP contribution in [-0.4, -0.2) is 24.2 Å². The highest BCUT2D eigenvalue weighted by molar-refractivity contribution is 5.72. The van der Waals surface area contributed by atoms with E-state index in [1.165, 1.54) is 0 Å². The van der Waals surface area contributed by atoms with Crippen molar-refractivity contribution < 1.29 is 19.1 Å². The average molecular weight is 307 g/mol. The third kappa shape index (κ3) is 7.11. The molecule has 1 aromatic rings. The van der Waals surface area contributed by atoms with Crippen molar-refractivity contribution >= 4 is 12.1 Å². The predicted molar refractivity (Wildman–Crippen MR) is 85.0 cm³/mol. The molecule has 1 aromatic carbocycles. The number of amides is 1. The lowest BCUT2D eigenvalue weighted by Gasteiger charge is -2.19. The molecular formula is C17H25NO4. The van der Waals surface area contributed by atoms with E-state index >= 15 is 0 Å². The molecule has 0 aliphatic rings. The van der Waals surface area contributed by atoms with Gasteiger partial charge in [-0.1, -0.05) is 6.07 Å². The van der Waals surface area contributed by atoms with Crippen LogP contribution in [0.5, 0.6) is 5.75 Å².